The minimum Gasteiger partial charge on any atom is -0.504 e. The second kappa shape index (κ2) is 9.88. The Bertz CT molecular complexity index is 563. The first-order chi connectivity index (χ1) is 11.5. The summed E-state index contributed by atoms with van der Waals surface area (Å²) in [6.45, 7) is 3.35. The van der Waals surface area contributed by atoms with Gasteiger partial charge in [-0.1, -0.05) is 25.0 Å². The molecule has 150 valence electrons. The molecule has 0 bridgehead atoms. The highest BCUT2D eigenvalue weighted by Crippen LogP contribution is 2.45. The van der Waals surface area contributed by atoms with Crippen LogP contribution in [0.3, 0.4) is 0 Å². The average Bonchev–Trinajstić information content (AvgIpc) is 3.05. The molecule has 0 amide bonds. The van der Waals surface area contributed by atoms with Gasteiger partial charge in [-0.25, -0.2) is 0 Å². The highest BCUT2D eigenvalue weighted by molar-refractivity contribution is 5.85. The molecule has 2 N–H and O–H groups in total. The number of para-hydroxylation sites is 1. The number of phenols is 1. The van der Waals surface area contributed by atoms with E-state index in [1.54, 1.807) is 6.07 Å². The molecule has 0 radical (unpaired) electrons. The van der Waals surface area contributed by atoms with E-state index in [0.717, 1.165) is 57.9 Å². The number of nitrogens with one attached hydrogen (secondary N) is 1. The van der Waals surface area contributed by atoms with E-state index in [-0.39, 0.29) is 36.6 Å². The van der Waals surface area contributed by atoms with Crippen LogP contribution >= 0.6 is 24.8 Å². The van der Waals surface area contributed by atoms with E-state index in [4.69, 9.17) is 0 Å². The summed E-state index contributed by atoms with van der Waals surface area (Å²) < 4.78 is 41.7. The predicted molar refractivity (Wildman–Crippen MR) is 98.4 cm³/mol. The van der Waals surface area contributed by atoms with Gasteiger partial charge in [-0.05, 0) is 24.8 Å². The normalized spacial score (nSPS) is 20.1. The smallest absolute Gasteiger partial charge is 0.504 e. The number of hydrogen-bond acceptors (Lipinski definition) is 4. The number of rotatable bonds is 4. The van der Waals surface area contributed by atoms with Crippen molar-refractivity contribution < 1.29 is 23.0 Å². The molecule has 1 atom stereocenters. The van der Waals surface area contributed by atoms with Crippen LogP contribution in [0.25, 0.3) is 0 Å². The lowest BCUT2D eigenvalue weighted by Crippen LogP contribution is -2.46. The van der Waals surface area contributed by atoms with Crippen molar-refractivity contribution in [1.82, 2.24) is 10.2 Å². The fraction of sp³-hybridized carbons (Fsp3) is 0.647. The van der Waals surface area contributed by atoms with E-state index in [0.29, 0.717) is 11.5 Å². The van der Waals surface area contributed by atoms with E-state index in [2.05, 4.69) is 15.0 Å². The average molecular weight is 417 g/mol. The van der Waals surface area contributed by atoms with Crippen molar-refractivity contribution in [2.45, 2.75) is 38.1 Å². The molecule has 9 heteroatoms. The summed E-state index contributed by atoms with van der Waals surface area (Å²) in [6, 6.07) is 4.35. The third-order valence-corrected chi connectivity index (χ3v) is 4.97. The van der Waals surface area contributed by atoms with Crippen LogP contribution in [0.5, 0.6) is 11.5 Å². The highest BCUT2D eigenvalue weighted by Gasteiger charge is 2.36. The third-order valence-electron chi connectivity index (χ3n) is 4.97. The number of ether oxygens (including phenoxy) is 1. The van der Waals surface area contributed by atoms with Gasteiger partial charge in [0.2, 0.25) is 0 Å². The van der Waals surface area contributed by atoms with E-state index >= 15 is 0 Å². The van der Waals surface area contributed by atoms with Gasteiger partial charge in [-0.2, -0.15) is 0 Å². The summed E-state index contributed by atoms with van der Waals surface area (Å²) in [6.07, 6.45) is -0.468. The Labute approximate surface area is 163 Å². The second-order valence-electron chi connectivity index (χ2n) is 6.52. The molecule has 0 spiro atoms. The summed E-state index contributed by atoms with van der Waals surface area (Å²) in [4.78, 5) is 2.28. The number of hydrogen-bond donors (Lipinski definition) is 2. The number of aromatic hydroxyl groups is 1. The van der Waals surface area contributed by atoms with Crippen molar-refractivity contribution in [1.29, 1.82) is 0 Å². The first-order valence-corrected chi connectivity index (χ1v) is 8.48. The summed E-state index contributed by atoms with van der Waals surface area (Å²) in [5.41, 5.74) is 0.547. The number of alkyl halides is 3. The van der Waals surface area contributed by atoms with Gasteiger partial charge in [-0.15, -0.1) is 38.0 Å². The molecule has 26 heavy (non-hydrogen) atoms. The molecular weight excluding hydrogens is 392 g/mol. The van der Waals surface area contributed by atoms with Crippen LogP contribution in [0.15, 0.2) is 18.2 Å². The van der Waals surface area contributed by atoms with Crippen LogP contribution in [0, 0.1) is 5.92 Å². The van der Waals surface area contributed by atoms with Crippen molar-refractivity contribution in [2.24, 2.45) is 5.92 Å². The summed E-state index contributed by atoms with van der Waals surface area (Å²) >= 11 is 0. The minimum atomic E-state index is -4.81. The largest absolute Gasteiger partial charge is 0.573 e. The Morgan fingerprint density at radius 2 is 1.73 bits per heavy atom. The third kappa shape index (κ3) is 5.55. The zero-order chi connectivity index (χ0) is 17.2. The van der Waals surface area contributed by atoms with Gasteiger partial charge in [0.05, 0.1) is 0 Å². The Kier molecular flexibility index (Phi) is 8.79. The lowest BCUT2D eigenvalue weighted by molar-refractivity contribution is -0.275. The Morgan fingerprint density at radius 3 is 2.31 bits per heavy atom. The Balaban J connectivity index is 0.00000169. The van der Waals surface area contributed by atoms with Crippen molar-refractivity contribution in [3.05, 3.63) is 23.8 Å². The number of benzene rings is 1. The molecule has 1 heterocycles. The second-order valence-corrected chi connectivity index (χ2v) is 6.52. The fourth-order valence-corrected chi connectivity index (χ4v) is 3.97. The number of phenolic OH excluding ortho intramolecular Hbond substituents is 1. The summed E-state index contributed by atoms with van der Waals surface area (Å²) in [5.74, 6) is -0.543. The van der Waals surface area contributed by atoms with Gasteiger partial charge >= 0.3 is 6.36 Å². The topological polar surface area (TPSA) is 44.7 Å². The molecule has 3 rings (SSSR count). The molecule has 1 aromatic rings. The summed E-state index contributed by atoms with van der Waals surface area (Å²) in [7, 11) is 0. The quantitative estimate of drug-likeness (QED) is 0.768. The molecule has 2 fully saturated rings. The first-order valence-electron chi connectivity index (χ1n) is 8.48. The SMILES string of the molecule is Cl.Cl.Oc1c(OC(F)(F)F)cccc1[C@H](C1CCCC1)N1CCNCC1. The standard InChI is InChI=1S/C17H23F3N2O2.2ClH/c18-17(19,20)24-14-7-3-6-13(16(14)23)15(12-4-1-2-5-12)22-10-8-21-9-11-22;;/h3,6-7,12,15,21,23H,1-2,4-5,8-11H2;2*1H/t15-;;/m0../s1. The maximum atomic E-state index is 12.6. The van der Waals surface area contributed by atoms with Crippen LogP contribution in [0.1, 0.15) is 37.3 Å². The number of halogens is 5. The van der Waals surface area contributed by atoms with Crippen LogP contribution in [-0.4, -0.2) is 42.5 Å². The molecule has 1 aliphatic carbocycles. The molecule has 0 aromatic heterocycles. The van der Waals surface area contributed by atoms with Crippen molar-refractivity contribution in [3.63, 3.8) is 0 Å². The van der Waals surface area contributed by atoms with Gasteiger partial charge in [-0.3, -0.25) is 4.90 Å². The Hall–Kier alpha value is -0.890. The van der Waals surface area contributed by atoms with Crippen LogP contribution in [0.4, 0.5) is 13.2 Å². The first kappa shape index (κ1) is 23.1. The maximum absolute atomic E-state index is 12.6. The van der Waals surface area contributed by atoms with Gasteiger partial charge in [0.15, 0.2) is 11.5 Å². The zero-order valence-electron chi connectivity index (χ0n) is 14.3. The molecule has 4 nitrogen and oxygen atoms in total. The van der Waals surface area contributed by atoms with Crippen molar-refractivity contribution in [3.8, 4) is 11.5 Å². The molecule has 1 saturated carbocycles. The van der Waals surface area contributed by atoms with E-state index in [1.807, 2.05) is 0 Å². The molecule has 1 saturated heterocycles. The zero-order valence-corrected chi connectivity index (χ0v) is 15.9. The van der Waals surface area contributed by atoms with Crippen LogP contribution < -0.4 is 10.1 Å². The molecule has 2 aliphatic rings. The number of nitrogens with zero attached hydrogens (tertiary/aromatic N) is 1. The molecule has 1 aliphatic heterocycles. The van der Waals surface area contributed by atoms with Crippen molar-refractivity contribution in [2.75, 3.05) is 26.2 Å². The number of piperazine rings is 1. The van der Waals surface area contributed by atoms with Crippen LogP contribution in [-0.2, 0) is 0 Å². The maximum Gasteiger partial charge on any atom is 0.573 e. The molecule has 0 unspecified atom stereocenters. The van der Waals surface area contributed by atoms with E-state index in [9.17, 15) is 18.3 Å². The van der Waals surface area contributed by atoms with E-state index < -0.39 is 12.1 Å². The minimum absolute atomic E-state index is 0. The lowest BCUT2D eigenvalue weighted by atomic mass is 9.89. The molecular formula is C17H25Cl2F3N2O2. The Morgan fingerprint density at radius 1 is 1.12 bits per heavy atom. The van der Waals surface area contributed by atoms with Gasteiger partial charge < -0.3 is 15.2 Å². The van der Waals surface area contributed by atoms with Gasteiger partial charge in [0, 0.05) is 37.8 Å². The monoisotopic (exact) mass is 416 g/mol. The highest BCUT2D eigenvalue weighted by atomic mass is 35.5. The predicted octanol–water partition coefficient (Wildman–Crippen LogP) is 4.27. The van der Waals surface area contributed by atoms with E-state index in [1.165, 1.54) is 6.07 Å². The van der Waals surface area contributed by atoms with Crippen LogP contribution in [0.2, 0.25) is 0 Å². The lowest BCUT2D eigenvalue weighted by Gasteiger charge is -2.39. The van der Waals surface area contributed by atoms with Gasteiger partial charge in [0.1, 0.15) is 0 Å². The molecule has 1 aromatic carbocycles. The van der Waals surface area contributed by atoms with Crippen molar-refractivity contribution >= 4 is 24.8 Å². The van der Waals surface area contributed by atoms with Gasteiger partial charge in [0.25, 0.3) is 0 Å². The fourth-order valence-electron chi connectivity index (χ4n) is 3.97. The summed E-state index contributed by atoms with van der Waals surface area (Å²) in [5, 5.41) is 13.7.